The van der Waals surface area contributed by atoms with Crippen LogP contribution in [0.15, 0.2) is 63.6 Å². The van der Waals surface area contributed by atoms with Crippen LogP contribution in [0.5, 0.6) is 0 Å². The van der Waals surface area contributed by atoms with E-state index in [2.05, 4.69) is 38.4 Å². The van der Waals surface area contributed by atoms with E-state index in [0.717, 1.165) is 17.3 Å². The zero-order valence-electron chi connectivity index (χ0n) is 16.0. The number of carbonyl (C=O) groups excluding carboxylic acids is 1. The van der Waals surface area contributed by atoms with Gasteiger partial charge in [-0.2, -0.15) is 0 Å². The van der Waals surface area contributed by atoms with Gasteiger partial charge in [0.25, 0.3) is 0 Å². The predicted octanol–water partition coefficient (Wildman–Crippen LogP) is 5.41. The summed E-state index contributed by atoms with van der Waals surface area (Å²) >= 11 is 3.53. The molecular formula is C23H22BrFN2O2. The van der Waals surface area contributed by atoms with Crippen LogP contribution >= 0.6 is 15.9 Å². The first kappa shape index (κ1) is 19.8. The first-order valence-electron chi connectivity index (χ1n) is 9.78. The number of oxazole rings is 1. The van der Waals surface area contributed by atoms with Crippen LogP contribution < -0.4 is 5.32 Å². The summed E-state index contributed by atoms with van der Waals surface area (Å²) in [5, 5.41) is 3.08. The molecule has 0 aliphatic heterocycles. The lowest BCUT2D eigenvalue weighted by Gasteiger charge is -2.42. The molecule has 4 nitrogen and oxygen atoms in total. The van der Waals surface area contributed by atoms with Crippen molar-refractivity contribution in [2.45, 2.75) is 37.5 Å². The van der Waals surface area contributed by atoms with Crippen molar-refractivity contribution in [3.63, 3.8) is 0 Å². The molecule has 150 valence electrons. The second-order valence-corrected chi connectivity index (χ2v) is 8.43. The molecule has 0 atom stereocenters. The molecule has 0 spiro atoms. The Balaban J connectivity index is 1.32. The van der Waals surface area contributed by atoms with Gasteiger partial charge in [-0.25, -0.2) is 9.37 Å². The summed E-state index contributed by atoms with van der Waals surface area (Å²) in [7, 11) is 0. The van der Waals surface area contributed by atoms with Crippen LogP contribution in [0.4, 0.5) is 4.39 Å². The minimum atomic E-state index is -0.355. The number of halogens is 2. The highest BCUT2D eigenvalue weighted by Gasteiger charge is 2.38. The third-order valence-electron chi connectivity index (χ3n) is 5.63. The van der Waals surface area contributed by atoms with E-state index in [-0.39, 0.29) is 23.6 Å². The van der Waals surface area contributed by atoms with Gasteiger partial charge in [0.2, 0.25) is 5.91 Å². The van der Waals surface area contributed by atoms with Crippen LogP contribution in [0.2, 0.25) is 0 Å². The molecule has 1 aliphatic rings. The van der Waals surface area contributed by atoms with Gasteiger partial charge in [0.15, 0.2) is 11.7 Å². The van der Waals surface area contributed by atoms with Crippen molar-refractivity contribution < 1.29 is 13.6 Å². The summed E-state index contributed by atoms with van der Waals surface area (Å²) in [5.74, 6) is 0.425. The standard InChI is InChI=1S/C23H22BrFN2O2/c24-17-6-3-5-16(13-17)23(11-4-12-23)15-27-21(28)9-10-22-26-14-20(29-22)18-7-1-2-8-19(18)25/h1-3,5-8,13-14H,4,9-12,15H2,(H,27,28). The number of benzene rings is 2. The van der Waals surface area contributed by atoms with Crippen molar-refractivity contribution in [1.82, 2.24) is 10.3 Å². The molecule has 6 heteroatoms. The van der Waals surface area contributed by atoms with Gasteiger partial charge in [-0.05, 0) is 42.7 Å². The monoisotopic (exact) mass is 456 g/mol. The molecule has 1 fully saturated rings. The van der Waals surface area contributed by atoms with Gasteiger partial charge in [0.05, 0.1) is 11.8 Å². The van der Waals surface area contributed by atoms with Crippen molar-refractivity contribution in [2.75, 3.05) is 6.54 Å². The Morgan fingerprint density at radius 1 is 1.21 bits per heavy atom. The molecule has 0 radical (unpaired) electrons. The number of hydrogen-bond donors (Lipinski definition) is 1. The molecule has 0 unspecified atom stereocenters. The third kappa shape index (κ3) is 4.42. The molecule has 1 saturated carbocycles. The zero-order valence-corrected chi connectivity index (χ0v) is 17.5. The molecule has 29 heavy (non-hydrogen) atoms. The summed E-state index contributed by atoms with van der Waals surface area (Å²) in [6.07, 6.45) is 5.50. The Morgan fingerprint density at radius 3 is 2.76 bits per heavy atom. The molecule has 1 aliphatic carbocycles. The second kappa shape index (κ2) is 8.49. The van der Waals surface area contributed by atoms with Crippen LogP contribution in [0.25, 0.3) is 11.3 Å². The Kier molecular flexibility index (Phi) is 5.81. The van der Waals surface area contributed by atoms with E-state index in [4.69, 9.17) is 4.42 Å². The smallest absolute Gasteiger partial charge is 0.220 e. The van der Waals surface area contributed by atoms with Gasteiger partial charge < -0.3 is 9.73 Å². The van der Waals surface area contributed by atoms with Gasteiger partial charge in [0.1, 0.15) is 5.82 Å². The first-order valence-corrected chi connectivity index (χ1v) is 10.6. The molecule has 1 N–H and O–H groups in total. The van der Waals surface area contributed by atoms with E-state index >= 15 is 0 Å². The summed E-state index contributed by atoms with van der Waals surface area (Å²) < 4.78 is 20.5. The highest BCUT2D eigenvalue weighted by molar-refractivity contribution is 9.10. The maximum Gasteiger partial charge on any atom is 0.220 e. The number of aromatic nitrogens is 1. The number of carbonyl (C=O) groups is 1. The van der Waals surface area contributed by atoms with Gasteiger partial charge in [-0.3, -0.25) is 4.79 Å². The molecule has 0 bridgehead atoms. The van der Waals surface area contributed by atoms with Gasteiger partial charge >= 0.3 is 0 Å². The Hall–Kier alpha value is -2.47. The fourth-order valence-electron chi connectivity index (χ4n) is 3.78. The summed E-state index contributed by atoms with van der Waals surface area (Å²) in [6, 6.07) is 14.7. The number of rotatable bonds is 7. The number of nitrogens with one attached hydrogen (secondary N) is 1. The largest absolute Gasteiger partial charge is 0.441 e. The van der Waals surface area contributed by atoms with Crippen LogP contribution in [0.1, 0.15) is 37.1 Å². The molecule has 1 heterocycles. The Bertz CT molecular complexity index is 1010. The van der Waals surface area contributed by atoms with E-state index in [1.807, 2.05) is 12.1 Å². The molecule has 2 aromatic carbocycles. The normalized spacial score (nSPS) is 15.0. The highest BCUT2D eigenvalue weighted by Crippen LogP contribution is 2.43. The van der Waals surface area contributed by atoms with Crippen molar-refractivity contribution in [1.29, 1.82) is 0 Å². The minimum Gasteiger partial charge on any atom is -0.441 e. The maximum atomic E-state index is 13.9. The molecular weight excluding hydrogens is 435 g/mol. The summed E-state index contributed by atoms with van der Waals surface area (Å²) in [6.45, 7) is 0.633. The fraction of sp³-hybridized carbons (Fsp3) is 0.304. The van der Waals surface area contributed by atoms with Crippen molar-refractivity contribution in [2.24, 2.45) is 0 Å². The molecule has 4 rings (SSSR count). The van der Waals surface area contributed by atoms with E-state index in [9.17, 15) is 9.18 Å². The second-order valence-electron chi connectivity index (χ2n) is 7.52. The quantitative estimate of drug-likeness (QED) is 0.516. The van der Waals surface area contributed by atoms with Crippen molar-refractivity contribution >= 4 is 21.8 Å². The molecule has 3 aromatic rings. The number of aryl methyl sites for hydroxylation is 1. The van der Waals surface area contributed by atoms with Gasteiger partial charge in [-0.15, -0.1) is 0 Å². The highest BCUT2D eigenvalue weighted by atomic mass is 79.9. The van der Waals surface area contributed by atoms with Crippen LogP contribution in [0.3, 0.4) is 0 Å². The van der Waals surface area contributed by atoms with E-state index in [1.54, 1.807) is 18.2 Å². The predicted molar refractivity (Wildman–Crippen MR) is 113 cm³/mol. The van der Waals surface area contributed by atoms with Crippen molar-refractivity contribution in [3.05, 3.63) is 76.5 Å². The molecule has 1 amide bonds. The minimum absolute atomic E-state index is 0.0282. The van der Waals surface area contributed by atoms with Crippen LogP contribution in [-0.2, 0) is 16.6 Å². The van der Waals surface area contributed by atoms with Crippen molar-refractivity contribution in [3.8, 4) is 11.3 Å². The Labute approximate surface area is 177 Å². The average molecular weight is 457 g/mol. The number of amides is 1. The first-order chi connectivity index (χ1) is 14.1. The summed E-state index contributed by atoms with van der Waals surface area (Å²) in [5.41, 5.74) is 1.66. The summed E-state index contributed by atoms with van der Waals surface area (Å²) in [4.78, 5) is 16.6. The lowest BCUT2D eigenvalue weighted by Crippen LogP contribution is -2.45. The lowest BCUT2D eigenvalue weighted by atomic mass is 9.64. The van der Waals surface area contributed by atoms with Crippen LogP contribution in [0, 0.1) is 5.82 Å². The fourth-order valence-corrected chi connectivity index (χ4v) is 4.18. The average Bonchev–Trinajstić information content (AvgIpc) is 3.15. The lowest BCUT2D eigenvalue weighted by molar-refractivity contribution is -0.121. The van der Waals surface area contributed by atoms with Gasteiger partial charge in [0, 0.05) is 29.3 Å². The van der Waals surface area contributed by atoms with E-state index in [0.29, 0.717) is 30.2 Å². The zero-order chi connectivity index (χ0) is 20.3. The van der Waals surface area contributed by atoms with E-state index < -0.39 is 0 Å². The van der Waals surface area contributed by atoms with Crippen LogP contribution in [-0.4, -0.2) is 17.4 Å². The van der Waals surface area contributed by atoms with Gasteiger partial charge in [-0.1, -0.05) is 46.6 Å². The molecule has 1 aromatic heterocycles. The van der Waals surface area contributed by atoms with E-state index in [1.165, 1.54) is 24.2 Å². The Morgan fingerprint density at radius 2 is 2.03 bits per heavy atom. The number of nitrogens with zero attached hydrogens (tertiary/aromatic N) is 1. The third-order valence-corrected chi connectivity index (χ3v) is 6.12. The molecule has 0 saturated heterocycles. The maximum absolute atomic E-state index is 13.9. The topological polar surface area (TPSA) is 55.1 Å². The SMILES string of the molecule is O=C(CCc1ncc(-c2ccccc2F)o1)NCC1(c2cccc(Br)c2)CCC1. The number of hydrogen-bond acceptors (Lipinski definition) is 3.